The third-order valence-electron chi connectivity index (χ3n) is 2.30. The predicted octanol–water partition coefficient (Wildman–Crippen LogP) is 3.79. The van der Waals surface area contributed by atoms with Crippen molar-refractivity contribution in [2.75, 3.05) is 24.7 Å². The highest BCUT2D eigenvalue weighted by atomic mass is 32.2. The summed E-state index contributed by atoms with van der Waals surface area (Å²) in [6.45, 7) is 10.3. The second-order valence-corrected chi connectivity index (χ2v) is 6.38. The van der Waals surface area contributed by atoms with Crippen molar-refractivity contribution in [1.82, 2.24) is 0 Å². The van der Waals surface area contributed by atoms with E-state index in [0.717, 1.165) is 31.8 Å². The highest BCUT2D eigenvalue weighted by Gasteiger charge is 2.03. The molecule has 2 nitrogen and oxygen atoms in total. The summed E-state index contributed by atoms with van der Waals surface area (Å²) in [6.07, 6.45) is 2.66. The predicted molar refractivity (Wildman–Crippen MR) is 76.7 cm³/mol. The van der Waals surface area contributed by atoms with Gasteiger partial charge >= 0.3 is 0 Å². The Balaban J connectivity index is 3.22. The Bertz CT molecular complexity index is 191. The largest absolute Gasteiger partial charge is 0.381 e. The molecule has 0 unspecified atom stereocenters. The summed E-state index contributed by atoms with van der Waals surface area (Å²) in [5, 5.41) is 0. The van der Waals surface area contributed by atoms with E-state index in [9.17, 15) is 4.79 Å². The van der Waals surface area contributed by atoms with E-state index < -0.39 is 0 Å². The molecule has 0 amide bonds. The second kappa shape index (κ2) is 11.1. The van der Waals surface area contributed by atoms with Gasteiger partial charge in [0.2, 0.25) is 0 Å². The molecule has 0 aromatic rings. The van der Waals surface area contributed by atoms with E-state index >= 15 is 0 Å². The van der Waals surface area contributed by atoms with Gasteiger partial charge in [0.25, 0.3) is 0 Å². The topological polar surface area (TPSA) is 26.3 Å². The lowest BCUT2D eigenvalue weighted by Crippen LogP contribution is -2.06. The molecule has 0 saturated heterocycles. The van der Waals surface area contributed by atoms with Gasteiger partial charge in [0.1, 0.15) is 5.78 Å². The fourth-order valence-electron chi connectivity index (χ4n) is 1.27. The number of rotatable bonds is 11. The standard InChI is InChI=1S/C14H28O2S/c1-12(2)7-9-16-8-5-6-14(15)11-17-10-13(3)4/h12-13H,5-11H2,1-4H3. The van der Waals surface area contributed by atoms with Gasteiger partial charge in [-0.15, -0.1) is 0 Å². The molecule has 0 aliphatic carbocycles. The van der Waals surface area contributed by atoms with Crippen molar-refractivity contribution in [3.63, 3.8) is 0 Å². The van der Waals surface area contributed by atoms with Crippen molar-refractivity contribution in [2.45, 2.75) is 47.0 Å². The molecule has 17 heavy (non-hydrogen) atoms. The number of ketones is 1. The van der Waals surface area contributed by atoms with Gasteiger partial charge in [-0.25, -0.2) is 0 Å². The maximum absolute atomic E-state index is 11.5. The van der Waals surface area contributed by atoms with E-state index in [2.05, 4.69) is 27.7 Å². The lowest BCUT2D eigenvalue weighted by Gasteiger charge is -2.06. The third-order valence-corrected chi connectivity index (χ3v) is 3.73. The lowest BCUT2D eigenvalue weighted by molar-refractivity contribution is -0.116. The summed E-state index contributed by atoms with van der Waals surface area (Å²) in [4.78, 5) is 11.5. The van der Waals surface area contributed by atoms with Crippen LogP contribution in [0.1, 0.15) is 47.0 Å². The van der Waals surface area contributed by atoms with Crippen LogP contribution in [0.2, 0.25) is 0 Å². The molecule has 0 aromatic heterocycles. The van der Waals surface area contributed by atoms with Crippen molar-refractivity contribution >= 4 is 17.5 Å². The number of carbonyl (C=O) groups is 1. The minimum atomic E-state index is 0.364. The van der Waals surface area contributed by atoms with Gasteiger partial charge in [0, 0.05) is 19.6 Å². The Kier molecular flexibility index (Phi) is 11.1. The average molecular weight is 260 g/mol. The van der Waals surface area contributed by atoms with Crippen LogP contribution in [0.25, 0.3) is 0 Å². The molecule has 0 bridgehead atoms. The lowest BCUT2D eigenvalue weighted by atomic mass is 10.1. The average Bonchev–Trinajstić information content (AvgIpc) is 2.22. The summed E-state index contributed by atoms with van der Waals surface area (Å²) >= 11 is 1.75. The Morgan fingerprint density at radius 3 is 2.41 bits per heavy atom. The smallest absolute Gasteiger partial charge is 0.142 e. The fourth-order valence-corrected chi connectivity index (χ4v) is 2.23. The van der Waals surface area contributed by atoms with E-state index in [1.165, 1.54) is 0 Å². The fraction of sp³-hybridized carbons (Fsp3) is 0.929. The first kappa shape index (κ1) is 17.0. The van der Waals surface area contributed by atoms with Crippen LogP contribution in [0.15, 0.2) is 0 Å². The number of hydrogen-bond donors (Lipinski definition) is 0. The van der Waals surface area contributed by atoms with E-state index in [1.807, 2.05) is 0 Å². The maximum Gasteiger partial charge on any atom is 0.142 e. The Hall–Kier alpha value is -0.0200. The summed E-state index contributed by atoms with van der Waals surface area (Å²) < 4.78 is 5.48. The second-order valence-electron chi connectivity index (χ2n) is 5.35. The molecule has 0 atom stereocenters. The molecule has 0 radical (unpaired) electrons. The molecule has 0 aromatic carbocycles. The number of ether oxygens (including phenoxy) is 1. The summed E-state index contributed by atoms with van der Waals surface area (Å²) in [5.74, 6) is 3.49. The van der Waals surface area contributed by atoms with Gasteiger partial charge in [-0.1, -0.05) is 27.7 Å². The van der Waals surface area contributed by atoms with Crippen molar-refractivity contribution in [3.05, 3.63) is 0 Å². The molecule has 3 heteroatoms. The van der Waals surface area contributed by atoms with Crippen LogP contribution in [-0.2, 0) is 9.53 Å². The zero-order chi connectivity index (χ0) is 13.1. The number of hydrogen-bond acceptors (Lipinski definition) is 3. The molecule has 0 saturated carbocycles. The van der Waals surface area contributed by atoms with Crippen LogP contribution in [0, 0.1) is 11.8 Å². The Labute approximate surface area is 111 Å². The molecule has 0 N–H and O–H groups in total. The van der Waals surface area contributed by atoms with Crippen LogP contribution in [0.5, 0.6) is 0 Å². The first-order valence-electron chi connectivity index (χ1n) is 6.69. The highest BCUT2D eigenvalue weighted by Crippen LogP contribution is 2.09. The number of thioether (sulfide) groups is 1. The van der Waals surface area contributed by atoms with Crippen LogP contribution in [0.4, 0.5) is 0 Å². The first-order chi connectivity index (χ1) is 8.02. The molecule has 0 aliphatic heterocycles. The molecule has 0 rings (SSSR count). The first-order valence-corrected chi connectivity index (χ1v) is 7.85. The van der Waals surface area contributed by atoms with E-state index in [0.29, 0.717) is 29.8 Å². The molecular weight excluding hydrogens is 232 g/mol. The van der Waals surface area contributed by atoms with Crippen molar-refractivity contribution in [2.24, 2.45) is 11.8 Å². The molecular formula is C14H28O2S. The number of carbonyl (C=O) groups excluding carboxylic acids is 1. The minimum absolute atomic E-state index is 0.364. The maximum atomic E-state index is 11.5. The quantitative estimate of drug-likeness (QED) is 0.529. The van der Waals surface area contributed by atoms with E-state index in [-0.39, 0.29) is 0 Å². The Morgan fingerprint density at radius 1 is 1.12 bits per heavy atom. The van der Waals surface area contributed by atoms with Crippen LogP contribution in [-0.4, -0.2) is 30.5 Å². The SMILES string of the molecule is CC(C)CCOCCCC(=O)CSCC(C)C. The molecule has 0 aliphatic rings. The van der Waals surface area contributed by atoms with Crippen molar-refractivity contribution in [3.8, 4) is 0 Å². The van der Waals surface area contributed by atoms with Gasteiger partial charge in [-0.2, -0.15) is 11.8 Å². The highest BCUT2D eigenvalue weighted by molar-refractivity contribution is 7.99. The van der Waals surface area contributed by atoms with Gasteiger partial charge in [0.15, 0.2) is 0 Å². The summed E-state index contributed by atoms with van der Waals surface area (Å²) in [5.41, 5.74) is 0. The van der Waals surface area contributed by atoms with Crippen LogP contribution < -0.4 is 0 Å². The molecule has 102 valence electrons. The van der Waals surface area contributed by atoms with Gasteiger partial charge in [-0.05, 0) is 30.4 Å². The Morgan fingerprint density at radius 2 is 1.82 bits per heavy atom. The summed E-state index contributed by atoms with van der Waals surface area (Å²) in [6, 6.07) is 0. The third kappa shape index (κ3) is 13.9. The van der Waals surface area contributed by atoms with Crippen LogP contribution >= 0.6 is 11.8 Å². The van der Waals surface area contributed by atoms with E-state index in [4.69, 9.17) is 4.74 Å². The summed E-state index contributed by atoms with van der Waals surface area (Å²) in [7, 11) is 0. The van der Waals surface area contributed by atoms with Crippen molar-refractivity contribution < 1.29 is 9.53 Å². The van der Waals surface area contributed by atoms with E-state index in [1.54, 1.807) is 11.8 Å². The molecule has 0 fully saturated rings. The minimum Gasteiger partial charge on any atom is -0.381 e. The number of Topliss-reactive ketones (excluding diaryl/α,β-unsaturated/α-hetero) is 1. The molecule has 0 heterocycles. The molecule has 0 spiro atoms. The zero-order valence-electron chi connectivity index (χ0n) is 11.8. The van der Waals surface area contributed by atoms with Gasteiger partial charge in [0.05, 0.1) is 5.75 Å². The van der Waals surface area contributed by atoms with Gasteiger partial charge < -0.3 is 4.74 Å². The normalized spacial score (nSPS) is 11.4. The monoisotopic (exact) mass is 260 g/mol. The van der Waals surface area contributed by atoms with Gasteiger partial charge in [-0.3, -0.25) is 4.79 Å². The van der Waals surface area contributed by atoms with Crippen LogP contribution in [0.3, 0.4) is 0 Å². The van der Waals surface area contributed by atoms with Crippen molar-refractivity contribution in [1.29, 1.82) is 0 Å². The zero-order valence-corrected chi connectivity index (χ0v) is 12.6.